The number of amides is 1. The van der Waals surface area contributed by atoms with E-state index >= 15 is 0 Å². The highest BCUT2D eigenvalue weighted by Crippen LogP contribution is 2.52. The summed E-state index contributed by atoms with van der Waals surface area (Å²) in [6.07, 6.45) is 0. The monoisotopic (exact) mass is 488 g/mol. The molecule has 1 aliphatic heterocycles. The maximum absolute atomic E-state index is 14.0. The van der Waals surface area contributed by atoms with Gasteiger partial charge in [-0.15, -0.1) is 0 Å². The van der Waals surface area contributed by atoms with Crippen LogP contribution in [0, 0.1) is 5.41 Å². The maximum Gasteiger partial charge on any atom is 0.339 e. The fourth-order valence-electron chi connectivity index (χ4n) is 5.13. The minimum Gasteiger partial charge on any atom is -0.467 e. The smallest absolute Gasteiger partial charge is 0.339 e. The van der Waals surface area contributed by atoms with Crippen molar-refractivity contribution in [3.63, 3.8) is 0 Å². The van der Waals surface area contributed by atoms with Gasteiger partial charge in [0.15, 0.2) is 5.54 Å². The third kappa shape index (κ3) is 4.02. The van der Waals surface area contributed by atoms with E-state index in [1.807, 2.05) is 128 Å². The Labute approximate surface area is 217 Å². The molecule has 5 nitrogen and oxygen atoms in total. The highest BCUT2D eigenvalue weighted by Gasteiger charge is 2.67. The molecule has 5 heteroatoms. The van der Waals surface area contributed by atoms with Gasteiger partial charge in [-0.1, -0.05) is 109 Å². The summed E-state index contributed by atoms with van der Waals surface area (Å²) < 4.78 is 5.44. The first-order valence-corrected chi connectivity index (χ1v) is 12.2. The second-order valence-electron chi connectivity index (χ2n) is 9.32. The van der Waals surface area contributed by atoms with Gasteiger partial charge in [-0.05, 0) is 24.6 Å². The fourth-order valence-corrected chi connectivity index (χ4v) is 5.13. The molecule has 1 saturated heterocycles. The molecular formula is C32H28N2O3. The molecule has 4 aromatic carbocycles. The Balaban J connectivity index is 1.78. The number of methoxy groups -OCH3 is 1. The maximum atomic E-state index is 14.0. The number of aliphatic imine (C=N–C) groups is 1. The number of esters is 1. The Kier molecular flexibility index (Phi) is 6.45. The van der Waals surface area contributed by atoms with Gasteiger partial charge in [0.25, 0.3) is 0 Å². The first-order chi connectivity index (χ1) is 18.0. The molecule has 0 aliphatic carbocycles. The summed E-state index contributed by atoms with van der Waals surface area (Å²) in [5, 5.41) is 0. The lowest BCUT2D eigenvalue weighted by Gasteiger charge is -2.54. The lowest BCUT2D eigenvalue weighted by molar-refractivity contribution is -0.161. The zero-order valence-corrected chi connectivity index (χ0v) is 20.9. The SMILES string of the molecule is COC(=O)[C@](N=C(c1ccccc1)c1ccccc1)(c1ccccc1)C1(C)CN(c2ccccc2)C1=O. The van der Waals surface area contributed by atoms with E-state index in [9.17, 15) is 9.59 Å². The normalized spacial score (nSPS) is 18.3. The number of ether oxygens (including phenoxy) is 1. The van der Waals surface area contributed by atoms with E-state index in [-0.39, 0.29) is 5.91 Å². The standard InChI is InChI=1S/C32H28N2O3/c1-31(23-34(29(31)35)27-21-13-6-14-22-27)32(30(36)37-2,26-19-11-5-12-20-26)33-28(24-15-7-3-8-16-24)25-17-9-4-10-18-25/h3-22H,23H2,1-2H3/t31?,32-/m1/s1. The molecule has 1 heterocycles. The van der Waals surface area contributed by atoms with E-state index in [1.54, 1.807) is 4.90 Å². The first-order valence-electron chi connectivity index (χ1n) is 12.2. The number of hydrogen-bond donors (Lipinski definition) is 0. The van der Waals surface area contributed by atoms with Gasteiger partial charge < -0.3 is 9.64 Å². The van der Waals surface area contributed by atoms with Crippen LogP contribution in [-0.2, 0) is 19.9 Å². The summed E-state index contributed by atoms with van der Waals surface area (Å²) in [5.41, 5.74) is 0.879. The number of hydrogen-bond acceptors (Lipinski definition) is 4. The number of carbonyl (C=O) groups is 2. The van der Waals surface area contributed by atoms with E-state index in [0.717, 1.165) is 16.8 Å². The Morgan fingerprint density at radius 2 is 1.24 bits per heavy atom. The largest absolute Gasteiger partial charge is 0.467 e. The van der Waals surface area contributed by atoms with Crippen LogP contribution in [0.25, 0.3) is 0 Å². The quantitative estimate of drug-likeness (QED) is 0.192. The molecular weight excluding hydrogens is 460 g/mol. The van der Waals surface area contributed by atoms with Gasteiger partial charge in [-0.2, -0.15) is 0 Å². The van der Waals surface area contributed by atoms with Crippen LogP contribution in [0.5, 0.6) is 0 Å². The summed E-state index contributed by atoms with van der Waals surface area (Å²) in [7, 11) is 1.35. The molecule has 0 saturated carbocycles. The van der Waals surface area contributed by atoms with Crippen LogP contribution in [0.2, 0.25) is 0 Å². The van der Waals surface area contributed by atoms with E-state index in [0.29, 0.717) is 17.8 Å². The lowest BCUT2D eigenvalue weighted by Crippen LogP contribution is -2.70. The number of para-hydroxylation sites is 1. The number of β-lactam (4-membered cyclic amide) rings is 1. The van der Waals surface area contributed by atoms with Crippen molar-refractivity contribution in [1.82, 2.24) is 0 Å². The van der Waals surface area contributed by atoms with Crippen molar-refractivity contribution in [2.24, 2.45) is 10.4 Å². The van der Waals surface area contributed by atoms with E-state index in [4.69, 9.17) is 9.73 Å². The zero-order chi connectivity index (χ0) is 25.9. The molecule has 1 fully saturated rings. The van der Waals surface area contributed by atoms with Crippen LogP contribution in [-0.4, -0.2) is 31.2 Å². The van der Waals surface area contributed by atoms with Gasteiger partial charge in [-0.3, -0.25) is 9.79 Å². The molecule has 0 radical (unpaired) electrons. The molecule has 5 rings (SSSR count). The van der Waals surface area contributed by atoms with Gasteiger partial charge in [0.1, 0.15) is 5.41 Å². The van der Waals surface area contributed by atoms with Crippen molar-refractivity contribution in [1.29, 1.82) is 0 Å². The second-order valence-corrected chi connectivity index (χ2v) is 9.32. The number of benzene rings is 4. The third-order valence-corrected chi connectivity index (χ3v) is 7.10. The molecule has 0 aromatic heterocycles. The predicted molar refractivity (Wildman–Crippen MR) is 146 cm³/mol. The van der Waals surface area contributed by atoms with Gasteiger partial charge in [0, 0.05) is 23.4 Å². The van der Waals surface area contributed by atoms with Crippen molar-refractivity contribution in [3.8, 4) is 0 Å². The minimum absolute atomic E-state index is 0.183. The fraction of sp³-hybridized carbons (Fsp3) is 0.156. The number of nitrogens with zero attached hydrogens (tertiary/aromatic N) is 2. The topological polar surface area (TPSA) is 59.0 Å². The van der Waals surface area contributed by atoms with Crippen molar-refractivity contribution in [2.75, 3.05) is 18.6 Å². The summed E-state index contributed by atoms with van der Waals surface area (Å²) >= 11 is 0. The van der Waals surface area contributed by atoms with Gasteiger partial charge in [0.2, 0.25) is 5.91 Å². The molecule has 0 N–H and O–H groups in total. The minimum atomic E-state index is -1.62. The molecule has 1 unspecified atom stereocenters. The van der Waals surface area contributed by atoms with Crippen molar-refractivity contribution in [2.45, 2.75) is 12.5 Å². The van der Waals surface area contributed by atoms with Crippen LogP contribution in [0.15, 0.2) is 126 Å². The van der Waals surface area contributed by atoms with E-state index in [1.165, 1.54) is 7.11 Å². The molecule has 4 aromatic rings. The number of carbonyl (C=O) groups excluding carboxylic acids is 2. The Bertz CT molecular complexity index is 1380. The molecule has 2 atom stereocenters. The molecule has 1 amide bonds. The highest BCUT2D eigenvalue weighted by molar-refractivity contribution is 6.15. The van der Waals surface area contributed by atoms with Crippen LogP contribution < -0.4 is 4.90 Å². The van der Waals surface area contributed by atoms with Crippen LogP contribution >= 0.6 is 0 Å². The van der Waals surface area contributed by atoms with Gasteiger partial charge >= 0.3 is 5.97 Å². The highest BCUT2D eigenvalue weighted by atomic mass is 16.5. The van der Waals surface area contributed by atoms with E-state index in [2.05, 4.69) is 0 Å². The number of anilines is 1. The van der Waals surface area contributed by atoms with Gasteiger partial charge in [-0.25, -0.2) is 4.79 Å². The van der Waals surface area contributed by atoms with Crippen molar-refractivity contribution >= 4 is 23.3 Å². The van der Waals surface area contributed by atoms with Crippen LogP contribution in [0.4, 0.5) is 5.69 Å². The van der Waals surface area contributed by atoms with Crippen molar-refractivity contribution in [3.05, 3.63) is 138 Å². The zero-order valence-electron chi connectivity index (χ0n) is 20.9. The summed E-state index contributed by atoms with van der Waals surface area (Å²) in [5.74, 6) is -0.760. The van der Waals surface area contributed by atoms with Crippen molar-refractivity contribution < 1.29 is 14.3 Å². The molecule has 0 bridgehead atoms. The number of rotatable bonds is 7. The third-order valence-electron chi connectivity index (χ3n) is 7.10. The molecule has 0 spiro atoms. The first kappa shape index (κ1) is 24.2. The van der Waals surface area contributed by atoms with Crippen LogP contribution in [0.3, 0.4) is 0 Å². The van der Waals surface area contributed by atoms with E-state index < -0.39 is 16.9 Å². The average Bonchev–Trinajstić information content (AvgIpc) is 2.97. The molecule has 37 heavy (non-hydrogen) atoms. The molecule has 184 valence electrons. The van der Waals surface area contributed by atoms with Crippen LogP contribution in [0.1, 0.15) is 23.6 Å². The second kappa shape index (κ2) is 9.86. The predicted octanol–water partition coefficient (Wildman–Crippen LogP) is 5.65. The Morgan fingerprint density at radius 1 is 0.784 bits per heavy atom. The Hall–Kier alpha value is -4.51. The molecule has 1 aliphatic rings. The lowest BCUT2D eigenvalue weighted by atomic mass is 9.61. The average molecular weight is 489 g/mol. The summed E-state index contributed by atoms with van der Waals surface area (Å²) in [4.78, 5) is 34.9. The summed E-state index contributed by atoms with van der Waals surface area (Å²) in [6, 6.07) is 38.2. The van der Waals surface area contributed by atoms with Gasteiger partial charge in [0.05, 0.1) is 12.8 Å². The Morgan fingerprint density at radius 3 is 1.70 bits per heavy atom. The summed E-state index contributed by atoms with van der Waals surface area (Å²) in [6.45, 7) is 2.12.